The Balaban J connectivity index is 2.05. The molecule has 1 heterocycles. The second kappa shape index (κ2) is 11.6. The standard InChI is InChI=1S/C23H26ClN3O7S/c1-33-23(30)15-5-6-21(29)22(11-15)35(31,32)26-19-10-16(13-25)18(24)12-20(19)27-7-3-2-4-17(27)14-34-9-8-28/h5-6,10-12,17,26,28-29H,2-4,7-9,14H2,1H3. The summed E-state index contributed by atoms with van der Waals surface area (Å²) >= 11 is 6.30. The van der Waals surface area contributed by atoms with Crippen molar-refractivity contribution >= 4 is 39.0 Å². The summed E-state index contributed by atoms with van der Waals surface area (Å²) in [7, 11) is -3.24. The monoisotopic (exact) mass is 523 g/mol. The Morgan fingerprint density at radius 2 is 2.09 bits per heavy atom. The number of anilines is 2. The number of piperidine rings is 1. The van der Waals surface area contributed by atoms with E-state index < -0.39 is 26.6 Å². The lowest BCUT2D eigenvalue weighted by Crippen LogP contribution is -2.43. The van der Waals surface area contributed by atoms with E-state index in [1.165, 1.54) is 18.2 Å². The molecule has 188 valence electrons. The first-order chi connectivity index (χ1) is 16.7. The van der Waals surface area contributed by atoms with E-state index in [1.807, 2.05) is 11.0 Å². The normalized spacial score (nSPS) is 15.9. The topological polar surface area (TPSA) is 149 Å². The lowest BCUT2D eigenvalue weighted by molar-refractivity contribution is 0.0600. The lowest BCUT2D eigenvalue weighted by atomic mass is 10.0. The number of phenols is 1. The van der Waals surface area contributed by atoms with Gasteiger partial charge in [-0.3, -0.25) is 4.72 Å². The smallest absolute Gasteiger partial charge is 0.337 e. The minimum absolute atomic E-state index is 0.0585. The van der Waals surface area contributed by atoms with Crippen LogP contribution in [-0.4, -0.2) is 64.1 Å². The molecule has 1 unspecified atom stereocenters. The summed E-state index contributed by atoms with van der Waals surface area (Å²) in [6, 6.07) is 8.02. The van der Waals surface area contributed by atoms with Crippen molar-refractivity contribution in [2.75, 3.05) is 43.1 Å². The molecule has 3 N–H and O–H groups in total. The number of phenolic OH excluding ortho intramolecular Hbond substituents is 1. The molecule has 2 aromatic rings. The van der Waals surface area contributed by atoms with Crippen molar-refractivity contribution in [3.8, 4) is 11.8 Å². The second-order valence-corrected chi connectivity index (χ2v) is 9.94. The molecule has 1 aliphatic heterocycles. The number of nitrogens with one attached hydrogen (secondary N) is 1. The summed E-state index contributed by atoms with van der Waals surface area (Å²) in [6.07, 6.45) is 2.57. The third kappa shape index (κ3) is 6.15. The van der Waals surface area contributed by atoms with E-state index in [4.69, 9.17) is 21.4 Å². The van der Waals surface area contributed by atoms with Crippen molar-refractivity contribution in [3.63, 3.8) is 0 Å². The Morgan fingerprint density at radius 1 is 1.31 bits per heavy atom. The summed E-state index contributed by atoms with van der Waals surface area (Å²) in [4.78, 5) is 13.3. The molecule has 1 aliphatic rings. The van der Waals surface area contributed by atoms with Crippen LogP contribution in [0.25, 0.3) is 0 Å². The Kier molecular flexibility index (Phi) is 8.80. The fraction of sp³-hybridized carbons (Fsp3) is 0.391. The maximum atomic E-state index is 13.3. The first-order valence-electron chi connectivity index (χ1n) is 10.8. The molecule has 0 bridgehead atoms. The number of aliphatic hydroxyl groups excluding tert-OH is 1. The van der Waals surface area contributed by atoms with Gasteiger partial charge in [-0.2, -0.15) is 5.26 Å². The molecule has 0 amide bonds. The number of hydrogen-bond donors (Lipinski definition) is 3. The molecule has 0 aliphatic carbocycles. The summed E-state index contributed by atoms with van der Waals surface area (Å²) in [5.74, 6) is -1.33. The number of rotatable bonds is 9. The summed E-state index contributed by atoms with van der Waals surface area (Å²) in [5.41, 5.74) is 0.531. The molecular formula is C23H26ClN3O7S. The number of aliphatic hydroxyl groups is 1. The largest absolute Gasteiger partial charge is 0.507 e. The van der Waals surface area contributed by atoms with Gasteiger partial charge in [-0.1, -0.05) is 11.6 Å². The average Bonchev–Trinajstić information content (AvgIpc) is 2.85. The summed E-state index contributed by atoms with van der Waals surface area (Å²) in [5, 5.41) is 28.9. The molecule has 35 heavy (non-hydrogen) atoms. The number of carbonyl (C=O) groups is 1. The predicted molar refractivity (Wildman–Crippen MR) is 129 cm³/mol. The number of carbonyl (C=O) groups excluding carboxylic acids is 1. The van der Waals surface area contributed by atoms with Crippen molar-refractivity contribution in [3.05, 3.63) is 46.5 Å². The molecule has 0 aromatic heterocycles. The Labute approximate surface area is 208 Å². The van der Waals surface area contributed by atoms with E-state index in [0.717, 1.165) is 38.5 Å². The first-order valence-corrected chi connectivity index (χ1v) is 12.7. The Hall–Kier alpha value is -3.04. The van der Waals surface area contributed by atoms with E-state index >= 15 is 0 Å². The highest BCUT2D eigenvalue weighted by Gasteiger charge is 2.29. The van der Waals surface area contributed by atoms with E-state index in [0.29, 0.717) is 18.8 Å². The third-order valence-electron chi connectivity index (χ3n) is 5.60. The first kappa shape index (κ1) is 26.6. The van der Waals surface area contributed by atoms with Crippen LogP contribution in [0.3, 0.4) is 0 Å². The molecule has 10 nitrogen and oxygen atoms in total. The van der Waals surface area contributed by atoms with Crippen LogP contribution in [0.2, 0.25) is 5.02 Å². The zero-order valence-corrected chi connectivity index (χ0v) is 20.6. The van der Waals surface area contributed by atoms with Crippen LogP contribution in [-0.2, 0) is 19.5 Å². The van der Waals surface area contributed by atoms with E-state index in [-0.39, 0.29) is 41.1 Å². The van der Waals surface area contributed by atoms with Crippen LogP contribution in [0, 0.1) is 11.3 Å². The van der Waals surface area contributed by atoms with Gasteiger partial charge in [-0.15, -0.1) is 0 Å². The van der Waals surface area contributed by atoms with Gasteiger partial charge in [0.05, 0.1) is 60.5 Å². The van der Waals surface area contributed by atoms with Crippen LogP contribution < -0.4 is 9.62 Å². The number of esters is 1. The van der Waals surface area contributed by atoms with Gasteiger partial charge in [-0.05, 0) is 49.6 Å². The van der Waals surface area contributed by atoms with Crippen LogP contribution in [0.15, 0.2) is 35.2 Å². The van der Waals surface area contributed by atoms with Crippen LogP contribution >= 0.6 is 11.6 Å². The van der Waals surface area contributed by atoms with Crippen LogP contribution in [0.5, 0.6) is 5.75 Å². The van der Waals surface area contributed by atoms with E-state index in [2.05, 4.69) is 9.46 Å². The predicted octanol–water partition coefficient (Wildman–Crippen LogP) is 2.87. The highest BCUT2D eigenvalue weighted by Crippen LogP contribution is 2.38. The van der Waals surface area contributed by atoms with Crippen molar-refractivity contribution < 1.29 is 32.9 Å². The molecular weight excluding hydrogens is 498 g/mol. The number of nitrogens with zero attached hydrogens (tertiary/aromatic N) is 2. The van der Waals surface area contributed by atoms with Gasteiger partial charge in [0.1, 0.15) is 16.7 Å². The quantitative estimate of drug-likeness (QED) is 0.333. The molecule has 0 saturated carbocycles. The van der Waals surface area contributed by atoms with Crippen LogP contribution in [0.4, 0.5) is 11.4 Å². The number of hydrogen-bond acceptors (Lipinski definition) is 9. The maximum absolute atomic E-state index is 13.3. The van der Waals surface area contributed by atoms with Gasteiger partial charge >= 0.3 is 5.97 Å². The lowest BCUT2D eigenvalue weighted by Gasteiger charge is -2.38. The number of aromatic hydroxyl groups is 1. The molecule has 1 fully saturated rings. The third-order valence-corrected chi connectivity index (χ3v) is 7.31. The summed E-state index contributed by atoms with van der Waals surface area (Å²) < 4.78 is 39.2. The highest BCUT2D eigenvalue weighted by molar-refractivity contribution is 7.92. The van der Waals surface area contributed by atoms with Gasteiger partial charge in [0.15, 0.2) is 0 Å². The minimum atomic E-state index is -4.40. The molecule has 1 atom stereocenters. The highest BCUT2D eigenvalue weighted by atomic mass is 35.5. The van der Waals surface area contributed by atoms with Gasteiger partial charge in [0, 0.05) is 6.54 Å². The van der Waals surface area contributed by atoms with Crippen molar-refractivity contribution in [1.82, 2.24) is 0 Å². The minimum Gasteiger partial charge on any atom is -0.507 e. The zero-order valence-electron chi connectivity index (χ0n) is 19.0. The second-order valence-electron chi connectivity index (χ2n) is 7.88. The van der Waals surface area contributed by atoms with Crippen molar-refractivity contribution in [2.45, 2.75) is 30.2 Å². The fourth-order valence-corrected chi connectivity index (χ4v) is 5.31. The maximum Gasteiger partial charge on any atom is 0.337 e. The molecule has 12 heteroatoms. The Bertz CT molecular complexity index is 1230. The molecule has 1 saturated heterocycles. The number of ether oxygens (including phenoxy) is 2. The molecule has 0 spiro atoms. The number of halogens is 1. The zero-order chi connectivity index (χ0) is 25.6. The number of sulfonamides is 1. The van der Waals surface area contributed by atoms with E-state index in [1.54, 1.807) is 0 Å². The molecule has 0 radical (unpaired) electrons. The fourth-order valence-electron chi connectivity index (χ4n) is 3.92. The number of nitriles is 1. The van der Waals surface area contributed by atoms with Crippen LogP contribution in [0.1, 0.15) is 35.2 Å². The average molecular weight is 524 g/mol. The molecule has 3 rings (SSSR count). The molecule has 2 aromatic carbocycles. The number of benzene rings is 2. The SMILES string of the molecule is COC(=O)c1ccc(O)c(S(=O)(=O)Nc2cc(C#N)c(Cl)cc2N2CCCCC2COCCO)c1. The van der Waals surface area contributed by atoms with Gasteiger partial charge in [0.2, 0.25) is 0 Å². The van der Waals surface area contributed by atoms with E-state index in [9.17, 15) is 23.6 Å². The van der Waals surface area contributed by atoms with Gasteiger partial charge in [-0.25, -0.2) is 13.2 Å². The Morgan fingerprint density at radius 3 is 2.77 bits per heavy atom. The van der Waals surface area contributed by atoms with Crippen molar-refractivity contribution in [2.24, 2.45) is 0 Å². The van der Waals surface area contributed by atoms with Gasteiger partial charge in [0.25, 0.3) is 10.0 Å². The number of methoxy groups -OCH3 is 1. The summed E-state index contributed by atoms with van der Waals surface area (Å²) in [6.45, 7) is 0.960. The van der Waals surface area contributed by atoms with Gasteiger partial charge < -0.3 is 24.6 Å². The van der Waals surface area contributed by atoms with Crippen molar-refractivity contribution in [1.29, 1.82) is 5.26 Å².